The predicted octanol–water partition coefficient (Wildman–Crippen LogP) is 3.10. The van der Waals surface area contributed by atoms with Gasteiger partial charge in [0.15, 0.2) is 17.5 Å². The fourth-order valence-electron chi connectivity index (χ4n) is 7.45. The first-order valence-corrected chi connectivity index (χ1v) is 17.6. The Balaban J connectivity index is 0.971. The van der Waals surface area contributed by atoms with Crippen LogP contribution in [0, 0.1) is 37.3 Å². The van der Waals surface area contributed by atoms with Crippen molar-refractivity contribution in [2.75, 3.05) is 45.2 Å². The summed E-state index contributed by atoms with van der Waals surface area (Å²) >= 11 is 6.48. The van der Waals surface area contributed by atoms with Crippen molar-refractivity contribution < 1.29 is 33.0 Å². The third-order valence-corrected chi connectivity index (χ3v) is 10.8. The lowest BCUT2D eigenvalue weighted by atomic mass is 10.00. The molecule has 4 heterocycles. The van der Waals surface area contributed by atoms with Crippen LogP contribution in [0.25, 0.3) is 22.4 Å². The number of benzene rings is 2. The number of hydrogen-bond acceptors (Lipinski definition) is 8. The monoisotopic (exact) mass is 751 g/mol. The first kappa shape index (κ1) is 36.5. The van der Waals surface area contributed by atoms with Gasteiger partial charge >= 0.3 is 6.03 Å². The van der Waals surface area contributed by atoms with E-state index in [1.54, 1.807) is 30.5 Å². The molecule has 5 N–H and O–H groups in total. The molecule has 2 aliphatic heterocycles. The molecule has 2 aromatic heterocycles. The normalized spacial score (nSPS) is 21.8. The van der Waals surface area contributed by atoms with Crippen LogP contribution in [0.15, 0.2) is 36.5 Å². The molecule has 1 unspecified atom stereocenters. The zero-order valence-electron chi connectivity index (χ0n) is 29.5. The maximum atomic E-state index is 15.6. The minimum absolute atomic E-state index is 0.0629. The van der Waals surface area contributed by atoms with Crippen LogP contribution >= 0.6 is 11.6 Å². The van der Waals surface area contributed by atoms with Crippen LogP contribution in [-0.4, -0.2) is 105 Å². The van der Waals surface area contributed by atoms with Gasteiger partial charge in [0.05, 0.1) is 53.5 Å². The Morgan fingerprint density at radius 2 is 1.75 bits per heavy atom. The third kappa shape index (κ3) is 6.87. The van der Waals surface area contributed by atoms with Gasteiger partial charge in [0.1, 0.15) is 0 Å². The number of nitrogens with one attached hydrogen (secondary N) is 4. The number of hydrogen-bond donors (Lipinski definition) is 5. The number of imidazole rings is 1. The number of amides is 4. The zero-order valence-corrected chi connectivity index (χ0v) is 30.3. The number of piperidine rings is 1. The summed E-state index contributed by atoms with van der Waals surface area (Å²) in [5.41, 5.74) is 2.44. The Labute approximate surface area is 308 Å². The molecule has 17 heteroatoms. The van der Waals surface area contributed by atoms with Crippen molar-refractivity contribution in [3.05, 3.63) is 76.0 Å². The molecule has 14 nitrogen and oxygen atoms in total. The number of carbonyl (C=O) groups is 3. The zero-order chi connectivity index (χ0) is 37.7. The number of aliphatic hydroxyl groups is 1. The SMILES string of the molecule is COCCn1nc(C)c(-c2ccc(-c3cnc(C(=O)Nc4ccc(C(=O)NC5[C@H]6CN(C(=O)N[C@@H]7CNC[C@H]7O)C[C@@H]56)c(Cl)c4)n3C)c(F)c2F)c1C. The number of rotatable bonds is 10. The average molecular weight is 752 g/mol. The molecule has 53 heavy (non-hydrogen) atoms. The van der Waals surface area contributed by atoms with Gasteiger partial charge in [-0.2, -0.15) is 5.10 Å². The van der Waals surface area contributed by atoms with E-state index in [0.717, 1.165) is 0 Å². The third-order valence-electron chi connectivity index (χ3n) is 10.4. The molecule has 1 aliphatic carbocycles. The van der Waals surface area contributed by atoms with Crippen LogP contribution in [-0.2, 0) is 18.3 Å². The number of anilines is 1. The highest BCUT2D eigenvalue weighted by molar-refractivity contribution is 6.34. The summed E-state index contributed by atoms with van der Waals surface area (Å²) in [6.45, 7) is 6.37. The quantitative estimate of drug-likeness (QED) is 0.165. The number of β-amino-alcohol motifs (C(OH)–C–C–N with tert-alkyl or cyclic N) is 1. The van der Waals surface area contributed by atoms with E-state index in [0.29, 0.717) is 62.0 Å². The van der Waals surface area contributed by atoms with E-state index >= 15 is 8.78 Å². The van der Waals surface area contributed by atoms with Gasteiger partial charge in [-0.1, -0.05) is 17.7 Å². The molecule has 4 amide bonds. The highest BCUT2D eigenvalue weighted by Gasteiger charge is 2.57. The lowest BCUT2D eigenvalue weighted by molar-refractivity contribution is 0.0943. The number of methoxy groups -OCH3 is 1. The van der Waals surface area contributed by atoms with Gasteiger partial charge in [0.25, 0.3) is 11.8 Å². The largest absolute Gasteiger partial charge is 0.390 e. The standard InChI is InChI=1S/C36H40ClF2N9O5/c1-17-29(18(2)48(45-17)9-10-53-4)22-8-7-21(30(38)31(22)39)27-13-41-33(46(27)3)35(51)42-19-5-6-20(25(37)11-19)34(50)44-32-23-15-47(16-24(23)32)36(52)43-26-12-40-14-28(26)49/h5-8,11,13,23-24,26,28,32,40,49H,9-10,12,14-16H2,1-4H3,(H,42,51)(H,43,52)(H,44,50)/t23-,24+,26-,28-,32?/m1/s1. The molecule has 4 aromatic rings. The number of fused-ring (bicyclic) bond motifs is 1. The Hall–Kier alpha value is -4.90. The number of carbonyl (C=O) groups excluding carboxylic acids is 3. The average Bonchev–Trinajstić information content (AvgIpc) is 3.62. The maximum Gasteiger partial charge on any atom is 0.317 e. The molecule has 280 valence electrons. The molecule has 3 fully saturated rings. The molecule has 7 rings (SSSR count). The highest BCUT2D eigenvalue weighted by atomic mass is 35.5. The number of ether oxygens (including phenoxy) is 1. The van der Waals surface area contributed by atoms with Crippen LogP contribution in [0.3, 0.4) is 0 Å². The van der Waals surface area contributed by atoms with Gasteiger partial charge in [-0.05, 0) is 38.1 Å². The fraction of sp³-hybridized carbons (Fsp3) is 0.417. The van der Waals surface area contributed by atoms with Crippen molar-refractivity contribution in [2.24, 2.45) is 18.9 Å². The summed E-state index contributed by atoms with van der Waals surface area (Å²) in [5.74, 6) is -2.93. The van der Waals surface area contributed by atoms with E-state index in [-0.39, 0.29) is 69.1 Å². The predicted molar refractivity (Wildman–Crippen MR) is 192 cm³/mol. The number of likely N-dealkylation sites (tertiary alicyclic amines) is 1. The number of aromatic nitrogens is 4. The summed E-state index contributed by atoms with van der Waals surface area (Å²) in [4.78, 5) is 44.9. The van der Waals surface area contributed by atoms with Crippen molar-refractivity contribution >= 4 is 35.1 Å². The molecule has 0 radical (unpaired) electrons. The molecular weight excluding hydrogens is 712 g/mol. The number of nitrogens with zero attached hydrogens (tertiary/aromatic N) is 5. The molecule has 0 spiro atoms. The van der Waals surface area contributed by atoms with Crippen molar-refractivity contribution in [1.82, 2.24) is 40.2 Å². The fourth-order valence-corrected chi connectivity index (χ4v) is 7.72. The van der Waals surface area contributed by atoms with Crippen molar-refractivity contribution in [3.8, 4) is 22.4 Å². The van der Waals surface area contributed by atoms with E-state index in [1.807, 2.05) is 0 Å². The summed E-state index contributed by atoms with van der Waals surface area (Å²) < 4.78 is 39.4. The summed E-state index contributed by atoms with van der Waals surface area (Å²) in [7, 11) is 3.10. The summed E-state index contributed by atoms with van der Waals surface area (Å²) in [6, 6.07) is 6.77. The number of aryl methyl sites for hydroxylation is 1. The second-order valence-electron chi connectivity index (χ2n) is 13.7. The first-order valence-electron chi connectivity index (χ1n) is 17.3. The molecule has 5 atom stereocenters. The maximum absolute atomic E-state index is 15.6. The van der Waals surface area contributed by atoms with Crippen LogP contribution in [0.1, 0.15) is 32.4 Å². The van der Waals surface area contributed by atoms with Gasteiger partial charge in [0.2, 0.25) is 0 Å². The van der Waals surface area contributed by atoms with Gasteiger partial charge in [0, 0.05) is 86.3 Å². The first-order chi connectivity index (χ1) is 25.4. The van der Waals surface area contributed by atoms with Crippen molar-refractivity contribution in [1.29, 1.82) is 0 Å². The Morgan fingerprint density at radius 3 is 2.43 bits per heavy atom. The van der Waals surface area contributed by atoms with E-state index in [4.69, 9.17) is 16.3 Å². The Morgan fingerprint density at radius 1 is 1.04 bits per heavy atom. The summed E-state index contributed by atoms with van der Waals surface area (Å²) in [5, 5.41) is 26.1. The van der Waals surface area contributed by atoms with E-state index in [1.165, 1.54) is 48.1 Å². The molecular formula is C36H40ClF2N9O5. The van der Waals surface area contributed by atoms with Gasteiger partial charge in [-0.15, -0.1) is 0 Å². The smallest absolute Gasteiger partial charge is 0.317 e. The number of halogens is 3. The van der Waals surface area contributed by atoms with E-state index in [2.05, 4.69) is 31.3 Å². The van der Waals surface area contributed by atoms with Crippen molar-refractivity contribution in [3.63, 3.8) is 0 Å². The molecule has 3 aliphatic rings. The van der Waals surface area contributed by atoms with Crippen LogP contribution in [0.4, 0.5) is 19.3 Å². The van der Waals surface area contributed by atoms with E-state index in [9.17, 15) is 19.5 Å². The second-order valence-corrected chi connectivity index (χ2v) is 14.1. The summed E-state index contributed by atoms with van der Waals surface area (Å²) in [6.07, 6.45) is 0.676. The molecule has 0 bridgehead atoms. The molecule has 2 aromatic carbocycles. The van der Waals surface area contributed by atoms with Gasteiger partial charge < -0.3 is 40.6 Å². The molecule has 2 saturated heterocycles. The Kier molecular flexibility index (Phi) is 9.97. The van der Waals surface area contributed by atoms with Crippen molar-refractivity contribution in [2.45, 2.75) is 38.6 Å². The van der Waals surface area contributed by atoms with Gasteiger partial charge in [-0.25, -0.2) is 18.6 Å². The lowest BCUT2D eigenvalue weighted by Gasteiger charge is -2.24. The van der Waals surface area contributed by atoms with Crippen LogP contribution in [0.2, 0.25) is 5.02 Å². The topological polar surface area (TPSA) is 168 Å². The second kappa shape index (κ2) is 14.5. The minimum atomic E-state index is -1.09. The highest BCUT2D eigenvalue weighted by Crippen LogP contribution is 2.45. The van der Waals surface area contributed by atoms with E-state index < -0.39 is 23.6 Å². The number of aliphatic hydroxyl groups excluding tert-OH is 1. The Bertz CT molecular complexity index is 2090. The minimum Gasteiger partial charge on any atom is -0.390 e. The van der Waals surface area contributed by atoms with Gasteiger partial charge in [-0.3, -0.25) is 14.3 Å². The number of urea groups is 1. The van der Waals surface area contributed by atoms with Crippen LogP contribution in [0.5, 0.6) is 0 Å². The van der Waals surface area contributed by atoms with Crippen LogP contribution < -0.4 is 21.3 Å². The molecule has 1 saturated carbocycles. The lowest BCUT2D eigenvalue weighted by Crippen LogP contribution is -2.49.